The Kier molecular flexibility index (Phi) is 18.2. The number of thiocarbonyl (C=S) groups is 1. The molecule has 0 heterocycles. The highest BCUT2D eigenvalue weighted by atomic mass is 32.1. The molecule has 0 aliphatic carbocycles. The Morgan fingerprint density at radius 2 is 0.842 bits per heavy atom. The van der Waals surface area contributed by atoms with Crippen LogP contribution in [0.5, 0.6) is 0 Å². The van der Waals surface area contributed by atoms with Gasteiger partial charge in [0, 0.05) is 0 Å². The summed E-state index contributed by atoms with van der Waals surface area (Å²) in [6.07, 6.45) is 22.1. The predicted octanol–water partition coefficient (Wildman–Crippen LogP) is 7.06. The van der Waals surface area contributed by atoms with E-state index in [4.69, 9.17) is 12.2 Å². The van der Waals surface area contributed by atoms with Crippen molar-refractivity contribution in [3.8, 4) is 0 Å². The van der Waals surface area contributed by atoms with Crippen LogP contribution < -0.4 is 0 Å². The van der Waals surface area contributed by atoms with Gasteiger partial charge in [0.2, 0.25) is 0 Å². The van der Waals surface area contributed by atoms with E-state index < -0.39 is 0 Å². The second-order valence-electron chi connectivity index (χ2n) is 5.76. The normalized spacial score (nSPS) is 10.8. The van der Waals surface area contributed by atoms with Crippen molar-refractivity contribution in [1.82, 2.24) is 0 Å². The van der Waals surface area contributed by atoms with Gasteiger partial charge < -0.3 is 0 Å². The lowest BCUT2D eigenvalue weighted by Crippen LogP contribution is -1.83. The van der Waals surface area contributed by atoms with E-state index in [2.05, 4.69) is 6.92 Å². The van der Waals surface area contributed by atoms with Crippen molar-refractivity contribution in [1.29, 1.82) is 0 Å². The lowest BCUT2D eigenvalue weighted by Gasteiger charge is -2.03. The van der Waals surface area contributed by atoms with Crippen LogP contribution in [-0.4, -0.2) is 5.37 Å². The van der Waals surface area contributed by atoms with Crippen LogP contribution >= 0.6 is 12.2 Å². The Balaban J connectivity index is 2.89. The molecule has 1 radical (unpaired) electrons. The maximum atomic E-state index is 4.82. The van der Waals surface area contributed by atoms with Crippen molar-refractivity contribution in [3.05, 3.63) is 6.92 Å². The Labute approximate surface area is 127 Å². The van der Waals surface area contributed by atoms with E-state index in [1.807, 2.05) is 5.37 Å². The van der Waals surface area contributed by atoms with E-state index in [9.17, 15) is 0 Å². The van der Waals surface area contributed by atoms with Gasteiger partial charge >= 0.3 is 0 Å². The molecule has 0 bridgehead atoms. The van der Waals surface area contributed by atoms with Crippen LogP contribution in [0, 0.1) is 6.92 Å². The van der Waals surface area contributed by atoms with E-state index in [0.717, 1.165) is 12.8 Å². The number of rotatable bonds is 16. The quantitative estimate of drug-likeness (QED) is 0.216. The summed E-state index contributed by atoms with van der Waals surface area (Å²) in [7, 11) is 0. The molecule has 0 spiro atoms. The molecule has 0 fully saturated rings. The van der Waals surface area contributed by atoms with Gasteiger partial charge in [-0.25, -0.2) is 0 Å². The molecule has 113 valence electrons. The Hall–Kier alpha value is 0.0900. The Bertz CT molecular complexity index is 165. The molecule has 0 unspecified atom stereocenters. The lowest BCUT2D eigenvalue weighted by molar-refractivity contribution is 0.535. The molecule has 19 heavy (non-hydrogen) atoms. The van der Waals surface area contributed by atoms with E-state index in [1.165, 1.54) is 89.9 Å². The second-order valence-corrected chi connectivity index (χ2v) is 6.09. The van der Waals surface area contributed by atoms with Crippen LogP contribution in [0.3, 0.4) is 0 Å². The highest BCUT2D eigenvalue weighted by Crippen LogP contribution is 2.13. The average Bonchev–Trinajstić information content (AvgIpc) is 2.43. The molecular formula is C18H35S. The van der Waals surface area contributed by atoms with Crippen molar-refractivity contribution in [2.75, 3.05) is 0 Å². The molecule has 0 rings (SSSR count). The minimum absolute atomic E-state index is 1.12. The molecule has 0 atom stereocenters. The zero-order valence-corrected chi connectivity index (χ0v) is 13.8. The SMILES string of the molecule is [CH2]CCCCCCCCCCCCCCCCC=S. The zero-order chi connectivity index (χ0) is 14.0. The van der Waals surface area contributed by atoms with Crippen LogP contribution in [0.2, 0.25) is 0 Å². The van der Waals surface area contributed by atoms with Crippen LogP contribution in [0.25, 0.3) is 0 Å². The maximum Gasteiger partial charge on any atom is -0.0210 e. The highest BCUT2D eigenvalue weighted by Gasteiger charge is 1.93. The summed E-state index contributed by atoms with van der Waals surface area (Å²) in [5, 5.41) is 1.87. The summed E-state index contributed by atoms with van der Waals surface area (Å²) >= 11 is 4.82. The molecule has 0 saturated heterocycles. The fourth-order valence-electron chi connectivity index (χ4n) is 2.53. The van der Waals surface area contributed by atoms with E-state index in [-0.39, 0.29) is 0 Å². The van der Waals surface area contributed by atoms with Gasteiger partial charge in [0.25, 0.3) is 0 Å². The van der Waals surface area contributed by atoms with Gasteiger partial charge in [0.15, 0.2) is 0 Å². The smallest absolute Gasteiger partial charge is 0.0210 e. The van der Waals surface area contributed by atoms with Crippen LogP contribution in [0.1, 0.15) is 103 Å². The predicted molar refractivity (Wildman–Crippen MR) is 92.9 cm³/mol. The summed E-state index contributed by atoms with van der Waals surface area (Å²) < 4.78 is 0. The Morgan fingerprint density at radius 1 is 0.526 bits per heavy atom. The van der Waals surface area contributed by atoms with Gasteiger partial charge in [-0.1, -0.05) is 109 Å². The number of hydrogen-bond acceptors (Lipinski definition) is 1. The monoisotopic (exact) mass is 283 g/mol. The van der Waals surface area contributed by atoms with Crippen molar-refractivity contribution in [2.24, 2.45) is 0 Å². The van der Waals surface area contributed by atoms with Crippen molar-refractivity contribution in [2.45, 2.75) is 103 Å². The first-order chi connectivity index (χ1) is 9.41. The maximum absolute atomic E-state index is 4.82. The fourth-order valence-corrected chi connectivity index (χ4v) is 2.69. The standard InChI is InChI=1S/C18H35S/c1-2-3-4-5-6-7-8-9-10-11-12-13-14-15-16-17-18-19/h18H,1-17H2. The minimum atomic E-state index is 1.12. The summed E-state index contributed by atoms with van der Waals surface area (Å²) in [5.74, 6) is 0. The largest absolute Gasteiger partial charge is 0.0935 e. The van der Waals surface area contributed by atoms with Gasteiger partial charge in [-0.05, 0) is 18.2 Å². The third-order valence-corrected chi connectivity index (χ3v) is 4.06. The molecule has 0 aromatic heterocycles. The van der Waals surface area contributed by atoms with Crippen molar-refractivity contribution >= 4 is 17.6 Å². The van der Waals surface area contributed by atoms with E-state index in [0.29, 0.717) is 0 Å². The molecule has 0 N–H and O–H groups in total. The van der Waals surface area contributed by atoms with Gasteiger partial charge in [-0.15, -0.1) is 0 Å². The molecule has 0 aliphatic heterocycles. The molecule has 0 amide bonds. The fraction of sp³-hybridized carbons (Fsp3) is 0.889. The molecule has 0 nitrogen and oxygen atoms in total. The topological polar surface area (TPSA) is 0 Å². The molecule has 0 aromatic carbocycles. The van der Waals surface area contributed by atoms with Gasteiger partial charge in [0.1, 0.15) is 0 Å². The minimum Gasteiger partial charge on any atom is -0.0935 e. The third kappa shape index (κ3) is 18.1. The van der Waals surface area contributed by atoms with Gasteiger partial charge in [-0.3, -0.25) is 0 Å². The summed E-state index contributed by atoms with van der Waals surface area (Å²) in [4.78, 5) is 0. The van der Waals surface area contributed by atoms with Crippen molar-refractivity contribution in [3.63, 3.8) is 0 Å². The molecular weight excluding hydrogens is 248 g/mol. The Morgan fingerprint density at radius 3 is 1.16 bits per heavy atom. The summed E-state index contributed by atoms with van der Waals surface area (Å²) in [6, 6.07) is 0. The number of hydrogen-bond donors (Lipinski definition) is 0. The highest BCUT2D eigenvalue weighted by molar-refractivity contribution is 7.78. The second kappa shape index (κ2) is 18.1. The van der Waals surface area contributed by atoms with E-state index in [1.54, 1.807) is 0 Å². The lowest BCUT2D eigenvalue weighted by atomic mass is 10.0. The first kappa shape index (κ1) is 19.1. The zero-order valence-electron chi connectivity index (χ0n) is 13.0. The van der Waals surface area contributed by atoms with E-state index >= 15 is 0 Å². The van der Waals surface area contributed by atoms with Crippen LogP contribution in [0.4, 0.5) is 0 Å². The van der Waals surface area contributed by atoms with Crippen LogP contribution in [0.15, 0.2) is 0 Å². The summed E-state index contributed by atoms with van der Waals surface area (Å²) in [5.41, 5.74) is 0. The van der Waals surface area contributed by atoms with Gasteiger partial charge in [0.05, 0.1) is 0 Å². The summed E-state index contributed by atoms with van der Waals surface area (Å²) in [6.45, 7) is 3.88. The third-order valence-electron chi connectivity index (χ3n) is 3.82. The molecule has 0 saturated carbocycles. The first-order valence-electron chi connectivity index (χ1n) is 8.64. The van der Waals surface area contributed by atoms with Gasteiger partial charge in [-0.2, -0.15) is 0 Å². The molecule has 1 heteroatoms. The van der Waals surface area contributed by atoms with Crippen LogP contribution in [-0.2, 0) is 0 Å². The van der Waals surface area contributed by atoms with Crippen molar-refractivity contribution < 1.29 is 0 Å². The molecule has 0 aliphatic rings. The number of unbranched alkanes of at least 4 members (excludes halogenated alkanes) is 15. The molecule has 0 aromatic rings. The average molecular weight is 284 g/mol. The first-order valence-corrected chi connectivity index (χ1v) is 9.12.